The lowest BCUT2D eigenvalue weighted by Gasteiger charge is -2.05. The van der Waals surface area contributed by atoms with E-state index in [4.69, 9.17) is 6.42 Å². The third kappa shape index (κ3) is 2.62. The van der Waals surface area contributed by atoms with Gasteiger partial charge in [0.15, 0.2) is 0 Å². The van der Waals surface area contributed by atoms with Crippen molar-refractivity contribution in [2.75, 3.05) is 20.6 Å². The first-order valence-corrected chi connectivity index (χ1v) is 2.63. The molecule has 46 valence electrons. The maximum atomic E-state index is 5.12. The minimum atomic E-state index is 0.167. The number of hydrogen-bond acceptors (Lipinski definition) is 2. The smallest absolute Gasteiger partial charge is 0.0810 e. The number of rotatable bonds is 3. The van der Waals surface area contributed by atoms with Crippen LogP contribution in [0.25, 0.3) is 0 Å². The molecule has 2 heteroatoms. The Morgan fingerprint density at radius 2 is 2.25 bits per heavy atom. The van der Waals surface area contributed by atoms with E-state index in [1.165, 1.54) is 0 Å². The molecular weight excluding hydrogens is 100 g/mol. The first kappa shape index (κ1) is 7.48. The van der Waals surface area contributed by atoms with Crippen molar-refractivity contribution in [2.24, 2.45) is 0 Å². The van der Waals surface area contributed by atoms with E-state index < -0.39 is 0 Å². The first-order chi connectivity index (χ1) is 3.85. The summed E-state index contributed by atoms with van der Waals surface area (Å²) in [6, 6.07) is 0.167. The van der Waals surface area contributed by atoms with Gasteiger partial charge in [-0.05, 0) is 14.1 Å². The van der Waals surface area contributed by atoms with E-state index in [1.54, 1.807) is 0 Å². The summed E-state index contributed by atoms with van der Waals surface area (Å²) >= 11 is 0. The van der Waals surface area contributed by atoms with Crippen LogP contribution >= 0.6 is 0 Å². The molecule has 1 atom stereocenters. The molecule has 0 saturated heterocycles. The number of nitrogens with one attached hydrogen (secondary N) is 2. The Kier molecular flexibility index (Phi) is 4.33. The van der Waals surface area contributed by atoms with Crippen LogP contribution in [-0.4, -0.2) is 26.7 Å². The normalized spacial score (nSPS) is 12.6. The fourth-order valence-corrected chi connectivity index (χ4v) is 0.448. The van der Waals surface area contributed by atoms with Crippen LogP contribution in [0.2, 0.25) is 0 Å². The van der Waals surface area contributed by atoms with Crippen LogP contribution in [0.5, 0.6) is 0 Å². The maximum absolute atomic E-state index is 5.12. The van der Waals surface area contributed by atoms with Gasteiger partial charge in [0.2, 0.25) is 0 Å². The van der Waals surface area contributed by atoms with Gasteiger partial charge in [-0.25, -0.2) is 0 Å². The molecule has 0 aliphatic rings. The molecule has 0 aromatic rings. The Labute approximate surface area is 50.7 Å². The second kappa shape index (κ2) is 4.63. The van der Waals surface area contributed by atoms with E-state index in [0.29, 0.717) is 0 Å². The van der Waals surface area contributed by atoms with Gasteiger partial charge < -0.3 is 10.6 Å². The van der Waals surface area contributed by atoms with Gasteiger partial charge in [0.25, 0.3) is 0 Å². The van der Waals surface area contributed by atoms with Crippen LogP contribution in [0.15, 0.2) is 0 Å². The SMILES string of the molecule is C#C[C@H](CNC)NC. The molecule has 0 aromatic heterocycles. The summed E-state index contributed by atoms with van der Waals surface area (Å²) in [6.07, 6.45) is 5.12. The summed E-state index contributed by atoms with van der Waals surface area (Å²) in [5.41, 5.74) is 0. The molecule has 0 amide bonds. The zero-order valence-corrected chi connectivity index (χ0v) is 5.36. The fourth-order valence-electron chi connectivity index (χ4n) is 0.448. The molecule has 0 bridgehead atoms. The van der Waals surface area contributed by atoms with Crippen LogP contribution in [0.1, 0.15) is 0 Å². The minimum absolute atomic E-state index is 0.167. The number of likely N-dealkylation sites (N-methyl/N-ethyl adjacent to an activating group) is 2. The predicted molar refractivity (Wildman–Crippen MR) is 35.6 cm³/mol. The first-order valence-electron chi connectivity index (χ1n) is 2.63. The standard InChI is InChI=1S/C6H12N2/c1-4-6(8-3)5-7-2/h1,6-8H,5H2,2-3H3/t6-/m1/s1. The van der Waals surface area contributed by atoms with Crippen molar-refractivity contribution in [3.63, 3.8) is 0 Å². The lowest BCUT2D eigenvalue weighted by molar-refractivity contribution is 0.634. The van der Waals surface area contributed by atoms with Gasteiger partial charge >= 0.3 is 0 Å². The molecule has 0 aromatic carbocycles. The van der Waals surface area contributed by atoms with Crippen molar-refractivity contribution >= 4 is 0 Å². The molecule has 2 nitrogen and oxygen atoms in total. The largest absolute Gasteiger partial charge is 0.317 e. The molecule has 0 saturated carbocycles. The van der Waals surface area contributed by atoms with Gasteiger partial charge in [0, 0.05) is 6.54 Å². The summed E-state index contributed by atoms with van der Waals surface area (Å²) in [6.45, 7) is 0.826. The third-order valence-corrected chi connectivity index (χ3v) is 0.958. The maximum Gasteiger partial charge on any atom is 0.0810 e. The van der Waals surface area contributed by atoms with Crippen LogP contribution in [0.3, 0.4) is 0 Å². The lowest BCUT2D eigenvalue weighted by atomic mass is 10.3. The quantitative estimate of drug-likeness (QED) is 0.478. The Morgan fingerprint density at radius 3 is 2.38 bits per heavy atom. The van der Waals surface area contributed by atoms with E-state index in [-0.39, 0.29) is 6.04 Å². The molecule has 0 unspecified atom stereocenters. The average molecular weight is 112 g/mol. The third-order valence-electron chi connectivity index (χ3n) is 0.958. The topological polar surface area (TPSA) is 24.1 Å². The molecule has 0 spiro atoms. The van der Waals surface area contributed by atoms with Crippen LogP contribution in [-0.2, 0) is 0 Å². The molecule has 2 N–H and O–H groups in total. The van der Waals surface area contributed by atoms with Gasteiger partial charge in [0.1, 0.15) is 0 Å². The Hall–Kier alpha value is -0.520. The number of terminal acetylenes is 1. The molecule has 0 heterocycles. The molecule has 0 fully saturated rings. The summed E-state index contributed by atoms with van der Waals surface area (Å²) in [7, 11) is 3.73. The van der Waals surface area contributed by atoms with E-state index >= 15 is 0 Å². The van der Waals surface area contributed by atoms with Crippen LogP contribution < -0.4 is 10.6 Å². The Balaban J connectivity index is 3.26. The predicted octanol–water partition coefficient (Wildman–Crippen LogP) is -0.573. The highest BCUT2D eigenvalue weighted by Crippen LogP contribution is 1.71. The molecule has 0 aliphatic carbocycles. The van der Waals surface area contributed by atoms with Crippen molar-refractivity contribution in [3.05, 3.63) is 0 Å². The Bertz CT molecular complexity index is 83.0. The molecule has 0 radical (unpaired) electrons. The van der Waals surface area contributed by atoms with Crippen molar-refractivity contribution in [3.8, 4) is 12.3 Å². The molecule has 8 heavy (non-hydrogen) atoms. The van der Waals surface area contributed by atoms with Crippen molar-refractivity contribution in [1.82, 2.24) is 10.6 Å². The lowest BCUT2D eigenvalue weighted by Crippen LogP contribution is -2.33. The number of hydrogen-bond donors (Lipinski definition) is 2. The highest BCUT2D eigenvalue weighted by molar-refractivity contribution is 4.98. The van der Waals surface area contributed by atoms with Gasteiger partial charge in [-0.1, -0.05) is 5.92 Å². The van der Waals surface area contributed by atoms with Gasteiger partial charge in [-0.15, -0.1) is 6.42 Å². The molecule has 0 aliphatic heterocycles. The van der Waals surface area contributed by atoms with E-state index in [9.17, 15) is 0 Å². The Morgan fingerprint density at radius 1 is 1.62 bits per heavy atom. The monoisotopic (exact) mass is 112 g/mol. The summed E-state index contributed by atoms with van der Waals surface area (Å²) in [5, 5.41) is 5.92. The summed E-state index contributed by atoms with van der Waals surface area (Å²) in [5.74, 6) is 2.58. The molecule has 0 rings (SSSR count). The zero-order chi connectivity index (χ0) is 6.41. The van der Waals surface area contributed by atoms with Crippen LogP contribution in [0.4, 0.5) is 0 Å². The second-order valence-corrected chi connectivity index (χ2v) is 1.57. The second-order valence-electron chi connectivity index (χ2n) is 1.57. The van der Waals surface area contributed by atoms with E-state index in [2.05, 4.69) is 16.6 Å². The zero-order valence-electron chi connectivity index (χ0n) is 5.36. The molecular formula is C6H12N2. The van der Waals surface area contributed by atoms with Crippen molar-refractivity contribution in [1.29, 1.82) is 0 Å². The van der Waals surface area contributed by atoms with E-state index in [0.717, 1.165) is 6.54 Å². The van der Waals surface area contributed by atoms with E-state index in [1.807, 2.05) is 14.1 Å². The van der Waals surface area contributed by atoms with Gasteiger partial charge in [0.05, 0.1) is 6.04 Å². The van der Waals surface area contributed by atoms with Crippen molar-refractivity contribution < 1.29 is 0 Å². The van der Waals surface area contributed by atoms with Gasteiger partial charge in [-0.3, -0.25) is 0 Å². The van der Waals surface area contributed by atoms with Crippen molar-refractivity contribution in [2.45, 2.75) is 6.04 Å². The van der Waals surface area contributed by atoms with Gasteiger partial charge in [-0.2, -0.15) is 0 Å². The fraction of sp³-hybridized carbons (Fsp3) is 0.667. The highest BCUT2D eigenvalue weighted by atomic mass is 14.9. The summed E-state index contributed by atoms with van der Waals surface area (Å²) in [4.78, 5) is 0. The summed E-state index contributed by atoms with van der Waals surface area (Å²) < 4.78 is 0. The average Bonchev–Trinajstić information content (AvgIpc) is 1.83. The minimum Gasteiger partial charge on any atom is -0.317 e. The van der Waals surface area contributed by atoms with Crippen LogP contribution in [0, 0.1) is 12.3 Å². The highest BCUT2D eigenvalue weighted by Gasteiger charge is 1.94.